The second kappa shape index (κ2) is 11.1. The molecule has 3 rings (SSSR count). The second-order valence-corrected chi connectivity index (χ2v) is 10.0. The minimum absolute atomic E-state index is 0.0126. The lowest BCUT2D eigenvalue weighted by atomic mass is 10.2. The summed E-state index contributed by atoms with van der Waals surface area (Å²) in [6.07, 6.45) is 3.76. The molecule has 9 nitrogen and oxygen atoms in total. The van der Waals surface area contributed by atoms with Crippen molar-refractivity contribution >= 4 is 33.4 Å². The normalized spacial score (nSPS) is 14.1. The number of sulfonamides is 1. The van der Waals surface area contributed by atoms with E-state index in [1.807, 2.05) is 30.3 Å². The number of hydrogen-bond donors (Lipinski definition) is 3. The average Bonchev–Trinajstić information content (AvgIpc) is 3.31. The summed E-state index contributed by atoms with van der Waals surface area (Å²) in [5.74, 6) is -2.14. The molecule has 176 valence electrons. The highest BCUT2D eigenvalue weighted by Crippen LogP contribution is 2.19. The lowest BCUT2D eigenvalue weighted by Gasteiger charge is -2.17. The van der Waals surface area contributed by atoms with Crippen LogP contribution in [0.25, 0.3) is 0 Å². The van der Waals surface area contributed by atoms with Gasteiger partial charge in [0.25, 0.3) is 0 Å². The zero-order chi connectivity index (χ0) is 23.8. The van der Waals surface area contributed by atoms with Crippen molar-refractivity contribution in [2.45, 2.75) is 43.2 Å². The van der Waals surface area contributed by atoms with E-state index in [1.165, 1.54) is 35.6 Å². The van der Waals surface area contributed by atoms with Crippen molar-refractivity contribution < 1.29 is 22.8 Å². The largest absolute Gasteiger partial charge is 0.345 e. The molecule has 1 saturated carbocycles. The van der Waals surface area contributed by atoms with Gasteiger partial charge in [0.05, 0.1) is 11.4 Å². The molecule has 2 aromatic rings. The monoisotopic (exact) mass is 472 g/mol. The fourth-order valence-electron chi connectivity index (χ4n) is 3.58. The van der Waals surface area contributed by atoms with Gasteiger partial charge in [-0.2, -0.15) is 4.31 Å². The van der Waals surface area contributed by atoms with E-state index in [9.17, 15) is 22.8 Å². The molecule has 3 amide bonds. The van der Waals surface area contributed by atoms with Crippen LogP contribution in [0.15, 0.2) is 59.5 Å². The summed E-state index contributed by atoms with van der Waals surface area (Å²) in [6, 6.07) is 15.0. The number of anilines is 1. The molecule has 0 aromatic heterocycles. The highest BCUT2D eigenvalue weighted by molar-refractivity contribution is 7.89. The first-order valence-electron chi connectivity index (χ1n) is 10.7. The van der Waals surface area contributed by atoms with E-state index in [0.29, 0.717) is 5.69 Å². The third kappa shape index (κ3) is 6.87. The Morgan fingerprint density at radius 1 is 0.939 bits per heavy atom. The zero-order valence-electron chi connectivity index (χ0n) is 18.4. The zero-order valence-corrected chi connectivity index (χ0v) is 19.2. The van der Waals surface area contributed by atoms with Crippen LogP contribution < -0.4 is 16.0 Å². The summed E-state index contributed by atoms with van der Waals surface area (Å²) in [6.45, 7) is -0.146. The maximum Gasteiger partial charge on any atom is 0.309 e. The average molecular weight is 473 g/mol. The van der Waals surface area contributed by atoms with Crippen LogP contribution in [0.5, 0.6) is 0 Å². The fourth-order valence-corrected chi connectivity index (χ4v) is 4.74. The van der Waals surface area contributed by atoms with Gasteiger partial charge < -0.3 is 16.0 Å². The van der Waals surface area contributed by atoms with Gasteiger partial charge in [-0.1, -0.05) is 43.2 Å². The minimum atomic E-state index is -3.70. The Bertz CT molecular complexity index is 1080. The Hall–Kier alpha value is -3.24. The third-order valence-corrected chi connectivity index (χ3v) is 7.22. The second-order valence-electron chi connectivity index (χ2n) is 7.96. The molecular weight excluding hydrogens is 444 g/mol. The Kier molecular flexibility index (Phi) is 8.18. The predicted octanol–water partition coefficient (Wildman–Crippen LogP) is 1.62. The fraction of sp³-hybridized carbons (Fsp3) is 0.348. The molecule has 1 aliphatic carbocycles. The molecule has 10 heteroatoms. The number of hydrogen-bond acceptors (Lipinski definition) is 5. The third-order valence-electron chi connectivity index (χ3n) is 5.40. The van der Waals surface area contributed by atoms with Crippen LogP contribution in [0, 0.1) is 0 Å². The van der Waals surface area contributed by atoms with Crippen molar-refractivity contribution in [3.8, 4) is 0 Å². The van der Waals surface area contributed by atoms with E-state index in [2.05, 4.69) is 16.0 Å². The number of amides is 3. The van der Waals surface area contributed by atoms with Gasteiger partial charge in [-0.15, -0.1) is 0 Å². The van der Waals surface area contributed by atoms with Gasteiger partial charge in [0.15, 0.2) is 0 Å². The number of carbonyl (C=O) groups excluding carboxylic acids is 3. The summed E-state index contributed by atoms with van der Waals surface area (Å²) < 4.78 is 26.8. The molecule has 0 saturated heterocycles. The van der Waals surface area contributed by atoms with Crippen LogP contribution in [0.3, 0.4) is 0 Å². The Labute approximate surface area is 193 Å². The van der Waals surface area contributed by atoms with Crippen LogP contribution in [0.1, 0.15) is 31.2 Å². The molecule has 0 unspecified atom stereocenters. The summed E-state index contributed by atoms with van der Waals surface area (Å²) in [5, 5.41) is 7.50. The molecule has 1 aliphatic rings. The Morgan fingerprint density at radius 3 is 2.21 bits per heavy atom. The smallest absolute Gasteiger partial charge is 0.309 e. The van der Waals surface area contributed by atoms with Crippen LogP contribution in [0.4, 0.5) is 5.69 Å². The van der Waals surface area contributed by atoms with Gasteiger partial charge in [0.1, 0.15) is 0 Å². The molecule has 2 aromatic carbocycles. The van der Waals surface area contributed by atoms with E-state index in [1.54, 1.807) is 0 Å². The lowest BCUT2D eigenvalue weighted by Crippen LogP contribution is -2.45. The van der Waals surface area contributed by atoms with Gasteiger partial charge in [0.2, 0.25) is 15.9 Å². The van der Waals surface area contributed by atoms with Crippen molar-refractivity contribution in [2.75, 3.05) is 18.9 Å². The number of rotatable bonds is 8. The number of nitrogens with one attached hydrogen (secondary N) is 3. The number of nitrogens with zero attached hydrogens (tertiary/aromatic N) is 1. The molecular formula is C23H28N4O5S. The molecule has 0 aliphatic heterocycles. The highest BCUT2D eigenvalue weighted by Gasteiger charge is 2.22. The maximum absolute atomic E-state index is 12.8. The molecule has 0 bridgehead atoms. The summed E-state index contributed by atoms with van der Waals surface area (Å²) in [5.41, 5.74) is 1.24. The van der Waals surface area contributed by atoms with Gasteiger partial charge in [-0.3, -0.25) is 14.4 Å². The van der Waals surface area contributed by atoms with Crippen LogP contribution in [0.2, 0.25) is 0 Å². The summed E-state index contributed by atoms with van der Waals surface area (Å²) in [4.78, 5) is 35.9. The molecule has 0 atom stereocenters. The predicted molar refractivity (Wildman–Crippen MR) is 124 cm³/mol. The van der Waals surface area contributed by atoms with E-state index < -0.39 is 27.7 Å². The molecule has 3 N–H and O–H groups in total. The van der Waals surface area contributed by atoms with Crippen LogP contribution in [-0.2, 0) is 31.0 Å². The molecule has 0 radical (unpaired) electrons. The molecule has 0 spiro atoms. The number of benzene rings is 2. The topological polar surface area (TPSA) is 125 Å². The van der Waals surface area contributed by atoms with Gasteiger partial charge in [-0.25, -0.2) is 8.42 Å². The first-order chi connectivity index (χ1) is 15.8. The van der Waals surface area contributed by atoms with Crippen molar-refractivity contribution in [1.29, 1.82) is 0 Å². The summed E-state index contributed by atoms with van der Waals surface area (Å²) in [7, 11) is -2.20. The maximum atomic E-state index is 12.8. The first kappa shape index (κ1) is 24.4. The lowest BCUT2D eigenvalue weighted by molar-refractivity contribution is -0.140. The van der Waals surface area contributed by atoms with E-state index in [4.69, 9.17) is 0 Å². The SMILES string of the molecule is CN(Cc1ccccc1)S(=O)(=O)c1ccc(NC(=O)CNC(=O)C(=O)NC2CCCC2)cc1. The van der Waals surface area contributed by atoms with Crippen molar-refractivity contribution in [1.82, 2.24) is 14.9 Å². The van der Waals surface area contributed by atoms with Crippen LogP contribution >= 0.6 is 0 Å². The standard InChI is InChI=1S/C23H28N4O5S/c1-27(16-17-7-3-2-4-8-17)33(31,32)20-13-11-19(12-14-20)25-21(28)15-24-22(29)23(30)26-18-9-5-6-10-18/h2-4,7-8,11-14,18H,5-6,9-10,15-16H2,1H3,(H,24,29)(H,25,28)(H,26,30). The number of carbonyl (C=O) groups is 3. The summed E-state index contributed by atoms with van der Waals surface area (Å²) >= 11 is 0. The first-order valence-corrected chi connectivity index (χ1v) is 12.2. The molecule has 1 fully saturated rings. The molecule has 33 heavy (non-hydrogen) atoms. The van der Waals surface area contributed by atoms with Gasteiger partial charge >= 0.3 is 11.8 Å². The minimum Gasteiger partial charge on any atom is -0.345 e. The van der Waals surface area contributed by atoms with Crippen molar-refractivity contribution in [3.05, 3.63) is 60.2 Å². The van der Waals surface area contributed by atoms with Gasteiger partial charge in [-0.05, 0) is 42.7 Å². The van der Waals surface area contributed by atoms with Gasteiger partial charge in [0, 0.05) is 25.3 Å². The Morgan fingerprint density at radius 2 is 1.58 bits per heavy atom. The van der Waals surface area contributed by atoms with E-state index in [0.717, 1.165) is 31.2 Å². The highest BCUT2D eigenvalue weighted by atomic mass is 32.2. The van der Waals surface area contributed by atoms with E-state index in [-0.39, 0.29) is 24.0 Å². The van der Waals surface area contributed by atoms with Crippen molar-refractivity contribution in [3.63, 3.8) is 0 Å². The van der Waals surface area contributed by atoms with Crippen LogP contribution in [-0.4, -0.2) is 50.1 Å². The molecule has 0 heterocycles. The Balaban J connectivity index is 1.49. The van der Waals surface area contributed by atoms with E-state index >= 15 is 0 Å². The van der Waals surface area contributed by atoms with Crippen molar-refractivity contribution in [2.24, 2.45) is 0 Å². The quantitative estimate of drug-likeness (QED) is 0.504.